The fraction of sp³-hybridized carbons (Fsp3) is 0.407. The number of carboxylic acid groups (broad SMARTS) is 1. The summed E-state index contributed by atoms with van der Waals surface area (Å²) in [5.41, 5.74) is 2.92. The molecule has 184 valence electrons. The van der Waals surface area contributed by atoms with E-state index < -0.39 is 5.97 Å². The van der Waals surface area contributed by atoms with E-state index in [1.807, 2.05) is 67.0 Å². The van der Waals surface area contributed by atoms with Gasteiger partial charge in [-0.25, -0.2) is 0 Å². The summed E-state index contributed by atoms with van der Waals surface area (Å²) in [5.74, 6) is -0.817. The number of nitrogens with one attached hydrogen (secondary N) is 1. The quantitative estimate of drug-likeness (QED) is 0.438. The SMILES string of the molecule is CN(Cc1ccccn1)C1CC(NCc2ccccn2)CC(N(CC(=O)O)Cc2ccccn2)C1. The predicted octanol–water partition coefficient (Wildman–Crippen LogP) is 2.97. The molecule has 8 heteroatoms. The molecule has 3 aromatic heterocycles. The minimum Gasteiger partial charge on any atom is -0.480 e. The Morgan fingerprint density at radius 3 is 2.00 bits per heavy atom. The molecule has 0 bridgehead atoms. The lowest BCUT2D eigenvalue weighted by Crippen LogP contribution is -2.52. The van der Waals surface area contributed by atoms with Gasteiger partial charge < -0.3 is 10.4 Å². The number of hydrogen-bond donors (Lipinski definition) is 2. The first-order chi connectivity index (χ1) is 17.1. The fourth-order valence-electron chi connectivity index (χ4n) is 4.90. The number of rotatable bonds is 11. The van der Waals surface area contributed by atoms with Crippen molar-refractivity contribution in [1.29, 1.82) is 0 Å². The Balaban J connectivity index is 1.51. The summed E-state index contributed by atoms with van der Waals surface area (Å²) in [5, 5.41) is 13.4. The first-order valence-corrected chi connectivity index (χ1v) is 12.2. The van der Waals surface area contributed by atoms with E-state index in [0.29, 0.717) is 13.1 Å². The molecular formula is C27H34N6O2. The van der Waals surface area contributed by atoms with Crippen LogP contribution in [0.25, 0.3) is 0 Å². The van der Waals surface area contributed by atoms with Crippen LogP contribution in [0, 0.1) is 0 Å². The second-order valence-electron chi connectivity index (χ2n) is 9.27. The van der Waals surface area contributed by atoms with Crippen LogP contribution in [0.1, 0.15) is 36.3 Å². The zero-order valence-electron chi connectivity index (χ0n) is 20.2. The molecule has 3 unspecified atom stereocenters. The number of aliphatic carboxylic acids is 1. The van der Waals surface area contributed by atoms with Crippen LogP contribution in [0.4, 0.5) is 0 Å². The topological polar surface area (TPSA) is 94.5 Å². The molecule has 1 saturated carbocycles. The van der Waals surface area contributed by atoms with Crippen molar-refractivity contribution in [2.45, 2.75) is 57.0 Å². The third kappa shape index (κ3) is 7.65. The molecule has 0 spiro atoms. The highest BCUT2D eigenvalue weighted by Gasteiger charge is 2.35. The van der Waals surface area contributed by atoms with Crippen LogP contribution in [0.15, 0.2) is 73.2 Å². The van der Waals surface area contributed by atoms with Crippen molar-refractivity contribution in [3.8, 4) is 0 Å². The maximum atomic E-state index is 11.8. The van der Waals surface area contributed by atoms with Crippen molar-refractivity contribution in [1.82, 2.24) is 30.1 Å². The summed E-state index contributed by atoms with van der Waals surface area (Å²) in [4.78, 5) is 29.6. The Hall–Kier alpha value is -3.20. The highest BCUT2D eigenvalue weighted by atomic mass is 16.4. The van der Waals surface area contributed by atoms with Gasteiger partial charge in [0.25, 0.3) is 0 Å². The highest BCUT2D eigenvalue weighted by Crippen LogP contribution is 2.28. The van der Waals surface area contributed by atoms with E-state index in [1.165, 1.54) is 0 Å². The van der Waals surface area contributed by atoms with Crippen molar-refractivity contribution in [2.24, 2.45) is 0 Å². The summed E-state index contributed by atoms with van der Waals surface area (Å²) in [6.45, 7) is 1.95. The number of nitrogens with zero attached hydrogens (tertiary/aromatic N) is 5. The van der Waals surface area contributed by atoms with Crippen LogP contribution in [-0.2, 0) is 24.4 Å². The zero-order valence-corrected chi connectivity index (χ0v) is 20.2. The van der Waals surface area contributed by atoms with Gasteiger partial charge in [0.2, 0.25) is 0 Å². The molecule has 0 saturated heterocycles. The van der Waals surface area contributed by atoms with Gasteiger partial charge in [-0.2, -0.15) is 0 Å². The van der Waals surface area contributed by atoms with Crippen molar-refractivity contribution in [3.05, 3.63) is 90.3 Å². The molecule has 1 aliphatic carbocycles. The Morgan fingerprint density at radius 2 is 1.43 bits per heavy atom. The van der Waals surface area contributed by atoms with E-state index in [0.717, 1.165) is 42.9 Å². The van der Waals surface area contributed by atoms with E-state index in [4.69, 9.17) is 0 Å². The molecular weight excluding hydrogens is 440 g/mol. The minimum atomic E-state index is -0.817. The maximum Gasteiger partial charge on any atom is 0.317 e. The average Bonchev–Trinajstić information content (AvgIpc) is 2.88. The molecule has 3 heterocycles. The van der Waals surface area contributed by atoms with Crippen molar-refractivity contribution in [3.63, 3.8) is 0 Å². The Bertz CT molecular complexity index is 1040. The summed E-state index contributed by atoms with van der Waals surface area (Å²) in [6, 6.07) is 18.4. The third-order valence-electron chi connectivity index (χ3n) is 6.66. The first-order valence-electron chi connectivity index (χ1n) is 12.2. The van der Waals surface area contributed by atoms with Crippen LogP contribution in [0.3, 0.4) is 0 Å². The van der Waals surface area contributed by atoms with Crippen LogP contribution in [0.5, 0.6) is 0 Å². The van der Waals surface area contributed by atoms with Crippen molar-refractivity contribution < 1.29 is 9.90 Å². The lowest BCUT2D eigenvalue weighted by molar-refractivity contribution is -0.139. The van der Waals surface area contributed by atoms with Crippen LogP contribution in [0.2, 0.25) is 0 Å². The van der Waals surface area contributed by atoms with Gasteiger partial charge in [-0.15, -0.1) is 0 Å². The van der Waals surface area contributed by atoms with E-state index in [1.54, 1.807) is 6.20 Å². The minimum absolute atomic E-state index is 0.00905. The molecule has 4 rings (SSSR count). The van der Waals surface area contributed by atoms with Gasteiger partial charge in [0.15, 0.2) is 0 Å². The molecule has 1 fully saturated rings. The fourth-order valence-corrected chi connectivity index (χ4v) is 4.90. The van der Waals surface area contributed by atoms with Crippen LogP contribution >= 0.6 is 0 Å². The Labute approximate surface area is 207 Å². The summed E-state index contributed by atoms with van der Waals surface area (Å²) in [6.07, 6.45) is 8.15. The number of pyridine rings is 3. The molecule has 3 aromatic rings. The molecule has 3 atom stereocenters. The second kappa shape index (κ2) is 12.5. The monoisotopic (exact) mass is 474 g/mol. The molecule has 1 aliphatic rings. The van der Waals surface area contributed by atoms with E-state index >= 15 is 0 Å². The molecule has 0 aliphatic heterocycles. The number of carbonyl (C=O) groups is 1. The molecule has 8 nitrogen and oxygen atoms in total. The maximum absolute atomic E-state index is 11.8. The van der Waals surface area contributed by atoms with Crippen LogP contribution in [-0.4, -0.2) is 67.5 Å². The third-order valence-corrected chi connectivity index (χ3v) is 6.66. The lowest BCUT2D eigenvalue weighted by Gasteiger charge is -2.43. The lowest BCUT2D eigenvalue weighted by atomic mass is 9.85. The summed E-state index contributed by atoms with van der Waals surface area (Å²) in [7, 11) is 2.14. The van der Waals surface area contributed by atoms with Crippen LogP contribution < -0.4 is 5.32 Å². The normalized spacial score (nSPS) is 20.3. The number of hydrogen-bond acceptors (Lipinski definition) is 7. The van der Waals surface area contributed by atoms with Gasteiger partial charge in [0, 0.05) is 56.4 Å². The van der Waals surface area contributed by atoms with E-state index in [-0.39, 0.29) is 24.7 Å². The largest absolute Gasteiger partial charge is 0.480 e. The van der Waals surface area contributed by atoms with Gasteiger partial charge in [0.1, 0.15) is 0 Å². The van der Waals surface area contributed by atoms with Gasteiger partial charge in [0.05, 0.1) is 23.6 Å². The average molecular weight is 475 g/mol. The van der Waals surface area contributed by atoms with Crippen molar-refractivity contribution >= 4 is 5.97 Å². The van der Waals surface area contributed by atoms with E-state index in [2.05, 4.69) is 37.1 Å². The Morgan fingerprint density at radius 1 is 0.857 bits per heavy atom. The molecule has 0 aromatic carbocycles. The van der Waals surface area contributed by atoms with E-state index in [9.17, 15) is 9.90 Å². The highest BCUT2D eigenvalue weighted by molar-refractivity contribution is 5.69. The molecule has 35 heavy (non-hydrogen) atoms. The number of carboxylic acids is 1. The Kier molecular flexibility index (Phi) is 8.89. The molecule has 0 radical (unpaired) electrons. The smallest absolute Gasteiger partial charge is 0.317 e. The van der Waals surface area contributed by atoms with Gasteiger partial charge in [-0.3, -0.25) is 29.5 Å². The van der Waals surface area contributed by atoms with Gasteiger partial charge >= 0.3 is 5.97 Å². The number of aromatic nitrogens is 3. The zero-order chi connectivity index (χ0) is 24.5. The standard InChI is InChI=1S/C27H34N6O2/c1-32(18-22-9-3-6-12-29-22)25-14-24(31-17-21-8-2-5-11-28-21)15-26(16-25)33(20-27(34)35)19-23-10-4-7-13-30-23/h2-13,24-26,31H,14-20H2,1H3,(H,34,35). The van der Waals surface area contributed by atoms with Crippen molar-refractivity contribution in [2.75, 3.05) is 13.6 Å². The summed E-state index contributed by atoms with van der Waals surface area (Å²) < 4.78 is 0. The predicted molar refractivity (Wildman–Crippen MR) is 134 cm³/mol. The first kappa shape index (κ1) is 24.9. The molecule has 0 amide bonds. The van der Waals surface area contributed by atoms with Gasteiger partial charge in [-0.1, -0.05) is 18.2 Å². The second-order valence-corrected chi connectivity index (χ2v) is 9.27. The summed E-state index contributed by atoms with van der Waals surface area (Å²) >= 11 is 0. The van der Waals surface area contributed by atoms with Gasteiger partial charge in [-0.05, 0) is 62.7 Å². The molecule has 2 N–H and O–H groups in total.